The van der Waals surface area contributed by atoms with Crippen molar-refractivity contribution in [2.24, 2.45) is 5.92 Å². The van der Waals surface area contributed by atoms with Crippen LogP contribution in [0.4, 0.5) is 0 Å². The van der Waals surface area contributed by atoms with Gasteiger partial charge < -0.3 is 5.11 Å². The summed E-state index contributed by atoms with van der Waals surface area (Å²) in [5.74, 6) is 11.8. The predicted octanol–water partition coefficient (Wildman–Crippen LogP) is 3.48. The molecule has 1 nitrogen and oxygen atoms in total. The van der Waals surface area contributed by atoms with Crippen molar-refractivity contribution in [2.75, 3.05) is 0 Å². The molecule has 2 rings (SSSR count). The first-order valence-electron chi connectivity index (χ1n) is 6.99. The largest absolute Gasteiger partial charge is 0.367 e. The zero-order valence-corrected chi connectivity index (χ0v) is 12.3. The maximum absolute atomic E-state index is 10.7. The van der Waals surface area contributed by atoms with Gasteiger partial charge in [0.05, 0.1) is 0 Å². The Bertz CT molecular complexity index is 634. The second-order valence-corrected chi connectivity index (χ2v) is 5.15. The summed E-state index contributed by atoms with van der Waals surface area (Å²) in [7, 11) is 0. The van der Waals surface area contributed by atoms with Crippen molar-refractivity contribution in [3.8, 4) is 23.7 Å². The molecular formula is C20H18O. The molecule has 104 valence electrons. The van der Waals surface area contributed by atoms with Crippen LogP contribution in [0.2, 0.25) is 0 Å². The fourth-order valence-electron chi connectivity index (χ4n) is 1.70. The van der Waals surface area contributed by atoms with Crippen LogP contribution in [0, 0.1) is 29.6 Å². The summed E-state index contributed by atoms with van der Waals surface area (Å²) < 4.78 is 0. The summed E-state index contributed by atoms with van der Waals surface area (Å²) in [6.45, 7) is 3.83. The van der Waals surface area contributed by atoms with E-state index in [1.165, 1.54) is 0 Å². The van der Waals surface area contributed by atoms with E-state index in [2.05, 4.69) is 23.7 Å². The highest BCUT2D eigenvalue weighted by molar-refractivity contribution is 5.43. The molecule has 0 saturated heterocycles. The molecule has 1 heteroatoms. The molecule has 0 spiro atoms. The highest BCUT2D eigenvalue weighted by atomic mass is 16.3. The van der Waals surface area contributed by atoms with E-state index in [9.17, 15) is 5.11 Å². The van der Waals surface area contributed by atoms with Gasteiger partial charge in [0.15, 0.2) is 5.60 Å². The van der Waals surface area contributed by atoms with Gasteiger partial charge in [0.25, 0.3) is 0 Å². The van der Waals surface area contributed by atoms with Crippen LogP contribution in [0.15, 0.2) is 60.7 Å². The van der Waals surface area contributed by atoms with E-state index in [4.69, 9.17) is 0 Å². The average molecular weight is 274 g/mol. The van der Waals surface area contributed by atoms with Crippen LogP contribution >= 0.6 is 0 Å². The van der Waals surface area contributed by atoms with E-state index in [0.29, 0.717) is 0 Å². The van der Waals surface area contributed by atoms with Crippen LogP contribution in [0.5, 0.6) is 0 Å². The minimum absolute atomic E-state index is 0.0788. The highest BCUT2D eigenvalue weighted by Crippen LogP contribution is 2.15. The van der Waals surface area contributed by atoms with Crippen LogP contribution in [0.1, 0.15) is 25.0 Å². The molecule has 0 amide bonds. The van der Waals surface area contributed by atoms with E-state index in [-0.39, 0.29) is 5.92 Å². The van der Waals surface area contributed by atoms with Gasteiger partial charge >= 0.3 is 0 Å². The number of aliphatic hydroxyl groups is 1. The maximum atomic E-state index is 10.7. The summed E-state index contributed by atoms with van der Waals surface area (Å²) in [6, 6.07) is 19.2. The quantitative estimate of drug-likeness (QED) is 0.789. The van der Waals surface area contributed by atoms with E-state index < -0.39 is 5.60 Å². The monoisotopic (exact) mass is 274 g/mol. The minimum atomic E-state index is -1.31. The van der Waals surface area contributed by atoms with Crippen LogP contribution in [-0.4, -0.2) is 10.7 Å². The van der Waals surface area contributed by atoms with Crippen molar-refractivity contribution in [3.63, 3.8) is 0 Å². The molecule has 0 aliphatic carbocycles. The number of hydrogen-bond donors (Lipinski definition) is 1. The average Bonchev–Trinajstić information content (AvgIpc) is 2.53. The molecule has 0 aliphatic rings. The molecule has 1 N–H and O–H groups in total. The summed E-state index contributed by atoms with van der Waals surface area (Å²) >= 11 is 0. The van der Waals surface area contributed by atoms with Gasteiger partial charge in [-0.1, -0.05) is 62.1 Å². The Morgan fingerprint density at radius 3 is 1.48 bits per heavy atom. The molecule has 0 fully saturated rings. The fourth-order valence-corrected chi connectivity index (χ4v) is 1.70. The lowest BCUT2D eigenvalue weighted by Gasteiger charge is -2.19. The second-order valence-electron chi connectivity index (χ2n) is 5.15. The third kappa shape index (κ3) is 4.25. The summed E-state index contributed by atoms with van der Waals surface area (Å²) in [5, 5.41) is 10.7. The molecular weight excluding hydrogens is 256 g/mol. The maximum Gasteiger partial charge on any atom is 0.190 e. The Morgan fingerprint density at radius 2 is 1.14 bits per heavy atom. The Balaban J connectivity index is 2.30. The Labute approximate surface area is 126 Å². The molecule has 0 aromatic heterocycles. The number of benzene rings is 2. The van der Waals surface area contributed by atoms with Crippen molar-refractivity contribution in [1.82, 2.24) is 0 Å². The van der Waals surface area contributed by atoms with Crippen LogP contribution in [-0.2, 0) is 0 Å². The normalized spacial score (nSPS) is 10.3. The lowest BCUT2D eigenvalue weighted by Crippen LogP contribution is -2.31. The molecule has 0 unspecified atom stereocenters. The van der Waals surface area contributed by atoms with Gasteiger partial charge in [-0.2, -0.15) is 0 Å². The molecule has 0 atom stereocenters. The Hall–Kier alpha value is -2.48. The van der Waals surface area contributed by atoms with Gasteiger partial charge in [-0.25, -0.2) is 0 Å². The zero-order valence-electron chi connectivity index (χ0n) is 12.3. The third-order valence-corrected chi connectivity index (χ3v) is 3.18. The van der Waals surface area contributed by atoms with Crippen molar-refractivity contribution >= 4 is 0 Å². The van der Waals surface area contributed by atoms with Gasteiger partial charge in [0.2, 0.25) is 0 Å². The van der Waals surface area contributed by atoms with E-state index >= 15 is 0 Å². The zero-order chi connectivity index (χ0) is 15.1. The van der Waals surface area contributed by atoms with Gasteiger partial charge in [0.1, 0.15) is 0 Å². The highest BCUT2D eigenvalue weighted by Gasteiger charge is 2.26. The summed E-state index contributed by atoms with van der Waals surface area (Å²) in [5.41, 5.74) is 0.433. The number of hydrogen-bond acceptors (Lipinski definition) is 1. The SMILES string of the molecule is CC(C)C(O)(C#Cc1ccccc1)C#Cc1ccccc1. The Morgan fingerprint density at radius 1 is 0.762 bits per heavy atom. The summed E-state index contributed by atoms with van der Waals surface area (Å²) in [4.78, 5) is 0. The van der Waals surface area contributed by atoms with Crippen LogP contribution in [0.25, 0.3) is 0 Å². The van der Waals surface area contributed by atoms with Crippen LogP contribution < -0.4 is 0 Å². The molecule has 0 saturated carbocycles. The minimum Gasteiger partial charge on any atom is -0.367 e. The van der Waals surface area contributed by atoms with Gasteiger partial charge in [0, 0.05) is 17.0 Å². The van der Waals surface area contributed by atoms with Crippen molar-refractivity contribution in [1.29, 1.82) is 0 Å². The molecule has 2 aromatic rings. The van der Waals surface area contributed by atoms with Crippen molar-refractivity contribution in [3.05, 3.63) is 71.8 Å². The first kappa shape index (κ1) is 14.9. The lowest BCUT2D eigenvalue weighted by molar-refractivity contribution is 0.112. The van der Waals surface area contributed by atoms with Gasteiger partial charge in [-0.3, -0.25) is 0 Å². The van der Waals surface area contributed by atoms with Crippen LogP contribution in [0.3, 0.4) is 0 Å². The van der Waals surface area contributed by atoms with E-state index in [1.807, 2.05) is 74.5 Å². The molecule has 0 radical (unpaired) electrons. The van der Waals surface area contributed by atoms with E-state index in [1.54, 1.807) is 0 Å². The lowest BCUT2D eigenvalue weighted by atomic mass is 9.91. The number of rotatable bonds is 1. The summed E-state index contributed by atoms with van der Waals surface area (Å²) in [6.07, 6.45) is 0. The van der Waals surface area contributed by atoms with Gasteiger partial charge in [-0.05, 0) is 36.1 Å². The van der Waals surface area contributed by atoms with E-state index in [0.717, 1.165) is 11.1 Å². The molecule has 0 aliphatic heterocycles. The fraction of sp³-hybridized carbons (Fsp3) is 0.200. The molecule has 2 aromatic carbocycles. The predicted molar refractivity (Wildman–Crippen MR) is 86.4 cm³/mol. The van der Waals surface area contributed by atoms with Gasteiger partial charge in [-0.15, -0.1) is 0 Å². The first-order valence-corrected chi connectivity index (χ1v) is 6.99. The second kappa shape index (κ2) is 6.80. The molecule has 0 bridgehead atoms. The van der Waals surface area contributed by atoms with Crippen molar-refractivity contribution in [2.45, 2.75) is 19.4 Å². The standard InChI is InChI=1S/C20H18O/c1-17(2)20(21,15-13-18-9-5-3-6-10-18)16-14-19-11-7-4-8-12-19/h3-12,17,21H,1-2H3. The topological polar surface area (TPSA) is 20.2 Å². The Kier molecular flexibility index (Phi) is 4.83. The third-order valence-electron chi connectivity index (χ3n) is 3.18. The van der Waals surface area contributed by atoms with Crippen molar-refractivity contribution < 1.29 is 5.11 Å². The first-order chi connectivity index (χ1) is 10.1. The smallest absolute Gasteiger partial charge is 0.190 e. The molecule has 21 heavy (non-hydrogen) atoms. The molecule has 0 heterocycles.